The Labute approximate surface area is 244 Å². The first-order valence-electron chi connectivity index (χ1n) is 15.1. The highest BCUT2D eigenvalue weighted by atomic mass is 16.6. The van der Waals surface area contributed by atoms with Crippen molar-refractivity contribution in [3.63, 3.8) is 0 Å². The van der Waals surface area contributed by atoms with E-state index in [0.29, 0.717) is 45.1 Å². The van der Waals surface area contributed by atoms with Gasteiger partial charge in [0.05, 0.1) is 18.1 Å². The molecule has 0 saturated carbocycles. The molecule has 1 aromatic carbocycles. The lowest BCUT2D eigenvalue weighted by Gasteiger charge is -2.37. The molecule has 1 N–H and O–H groups in total. The van der Waals surface area contributed by atoms with Gasteiger partial charge in [0.25, 0.3) is 5.91 Å². The fourth-order valence-electron chi connectivity index (χ4n) is 7.25. The van der Waals surface area contributed by atoms with Crippen LogP contribution in [0.4, 0.5) is 5.69 Å². The third-order valence-corrected chi connectivity index (χ3v) is 9.26. The molecule has 3 saturated heterocycles. The summed E-state index contributed by atoms with van der Waals surface area (Å²) in [4.78, 5) is 46.0. The van der Waals surface area contributed by atoms with Gasteiger partial charge in [0, 0.05) is 25.4 Å². The van der Waals surface area contributed by atoms with Crippen LogP contribution < -0.4 is 4.90 Å². The number of allylic oxidation sites excluding steroid dienone is 1. The van der Waals surface area contributed by atoms with Crippen LogP contribution in [0.1, 0.15) is 69.4 Å². The predicted octanol–water partition coefficient (Wildman–Crippen LogP) is 4.65. The fraction of sp³-hybridized carbons (Fsp3) is 0.606. The summed E-state index contributed by atoms with van der Waals surface area (Å²) < 4.78 is 12.6. The highest BCUT2D eigenvalue weighted by Gasteiger charge is 2.79. The fourth-order valence-corrected chi connectivity index (χ4v) is 7.25. The monoisotopic (exact) mass is 566 g/mol. The number of esters is 1. The van der Waals surface area contributed by atoms with Gasteiger partial charge >= 0.3 is 5.97 Å². The topological polar surface area (TPSA) is 96.4 Å². The summed E-state index contributed by atoms with van der Waals surface area (Å²) in [7, 11) is 0. The number of unbranched alkanes of at least 4 members (excludes halogenated alkanes) is 3. The number of carbonyl (C=O) groups excluding carboxylic acids is 3. The Morgan fingerprint density at radius 1 is 1.17 bits per heavy atom. The van der Waals surface area contributed by atoms with Gasteiger partial charge in [-0.3, -0.25) is 14.4 Å². The van der Waals surface area contributed by atoms with E-state index in [1.165, 1.54) is 0 Å². The van der Waals surface area contributed by atoms with Gasteiger partial charge in [-0.15, -0.1) is 13.2 Å². The molecular weight excluding hydrogens is 520 g/mol. The van der Waals surface area contributed by atoms with E-state index in [9.17, 15) is 19.5 Å². The minimum atomic E-state index is -1.11. The van der Waals surface area contributed by atoms with Gasteiger partial charge in [0.15, 0.2) is 0 Å². The van der Waals surface area contributed by atoms with E-state index in [0.717, 1.165) is 29.7 Å². The van der Waals surface area contributed by atoms with E-state index in [1.807, 2.05) is 39.0 Å². The zero-order chi connectivity index (χ0) is 29.8. The van der Waals surface area contributed by atoms with Crippen LogP contribution in [0, 0.1) is 25.7 Å². The van der Waals surface area contributed by atoms with Crippen molar-refractivity contribution in [3.05, 3.63) is 54.6 Å². The largest absolute Gasteiger partial charge is 0.465 e. The molecule has 4 rings (SSSR count). The van der Waals surface area contributed by atoms with Crippen LogP contribution in [-0.2, 0) is 23.9 Å². The molecule has 41 heavy (non-hydrogen) atoms. The lowest BCUT2D eigenvalue weighted by atomic mass is 9.65. The summed E-state index contributed by atoms with van der Waals surface area (Å²) in [6.45, 7) is 14.5. The minimum absolute atomic E-state index is 0.0739. The number of amides is 2. The van der Waals surface area contributed by atoms with Crippen LogP contribution in [0.25, 0.3) is 0 Å². The van der Waals surface area contributed by atoms with E-state index >= 15 is 0 Å². The summed E-state index contributed by atoms with van der Waals surface area (Å²) in [5.74, 6) is -2.39. The van der Waals surface area contributed by atoms with E-state index < -0.39 is 35.0 Å². The van der Waals surface area contributed by atoms with Gasteiger partial charge in [-0.25, -0.2) is 0 Å². The summed E-state index contributed by atoms with van der Waals surface area (Å²) in [5.41, 5.74) is 0.803. The van der Waals surface area contributed by atoms with Crippen LogP contribution in [0.2, 0.25) is 0 Å². The molecule has 8 heteroatoms. The standard InChI is InChI=1S/C33H46N2O6/c1-6-9-13-21-40-31(39)27-26-29(37)35(19-11-10-12-20-36)28(33(26)17-16-32(27,8-3)41-33)30(38)34(18-7-2)25-22-23(4)14-15-24(25)5/h6-7,14-15,22,26-28,36H,1-2,8-13,16-21H2,3-5H3/t26-,27+,28?,32-,33?/m0/s1. The first-order chi connectivity index (χ1) is 19.7. The Hall–Kier alpha value is -2.97. The number of rotatable bonds is 15. The number of nitrogens with zero attached hydrogens (tertiary/aromatic N) is 2. The van der Waals surface area contributed by atoms with Crippen molar-refractivity contribution >= 4 is 23.5 Å². The summed E-state index contributed by atoms with van der Waals surface area (Å²) in [6.07, 6.45) is 8.52. The Kier molecular flexibility index (Phi) is 9.75. The number of benzene rings is 1. The van der Waals surface area contributed by atoms with Crippen LogP contribution in [0.3, 0.4) is 0 Å². The highest BCUT2D eigenvalue weighted by molar-refractivity contribution is 6.05. The van der Waals surface area contributed by atoms with Crippen molar-refractivity contribution in [3.8, 4) is 0 Å². The maximum absolute atomic E-state index is 14.7. The Morgan fingerprint density at radius 3 is 2.63 bits per heavy atom. The molecule has 3 aliphatic rings. The number of carbonyl (C=O) groups is 3. The molecule has 224 valence electrons. The average molecular weight is 567 g/mol. The number of aliphatic hydroxyl groups excluding tert-OH is 1. The molecular formula is C33H46N2O6. The molecule has 2 unspecified atom stereocenters. The van der Waals surface area contributed by atoms with Crippen LogP contribution in [-0.4, -0.2) is 71.3 Å². The van der Waals surface area contributed by atoms with Crippen molar-refractivity contribution in [1.29, 1.82) is 0 Å². The smallest absolute Gasteiger partial charge is 0.312 e. The molecule has 2 amide bonds. The number of hydrogen-bond donors (Lipinski definition) is 1. The SMILES string of the molecule is C=CCCCOC(=O)[C@H]1[C@H]2C(=O)N(CCCCCO)C(C(=O)N(CC=C)c3cc(C)ccc3C)C23CC[C@]1(CC)O3. The van der Waals surface area contributed by atoms with Crippen LogP contribution in [0.5, 0.6) is 0 Å². The second kappa shape index (κ2) is 12.9. The minimum Gasteiger partial charge on any atom is -0.465 e. The molecule has 5 atom stereocenters. The molecule has 3 fully saturated rings. The van der Waals surface area contributed by atoms with Crippen LogP contribution in [0.15, 0.2) is 43.5 Å². The average Bonchev–Trinajstić information content (AvgIpc) is 3.56. The maximum Gasteiger partial charge on any atom is 0.312 e. The first kappa shape index (κ1) is 31.0. The highest BCUT2D eigenvalue weighted by Crippen LogP contribution is 2.64. The molecule has 0 aromatic heterocycles. The number of likely N-dealkylation sites (tertiary alicyclic amines) is 1. The Bertz CT molecular complexity index is 1170. The van der Waals surface area contributed by atoms with Crippen molar-refractivity contribution in [2.45, 2.75) is 89.4 Å². The Balaban J connectivity index is 1.76. The molecule has 8 nitrogen and oxygen atoms in total. The van der Waals surface area contributed by atoms with Crippen LogP contribution >= 0.6 is 0 Å². The zero-order valence-electron chi connectivity index (χ0n) is 24.9. The van der Waals surface area contributed by atoms with Crippen molar-refractivity contribution in [2.75, 3.05) is 31.2 Å². The van der Waals surface area contributed by atoms with E-state index in [1.54, 1.807) is 22.0 Å². The van der Waals surface area contributed by atoms with Gasteiger partial charge in [-0.2, -0.15) is 0 Å². The third-order valence-electron chi connectivity index (χ3n) is 9.26. The molecule has 1 aromatic rings. The van der Waals surface area contributed by atoms with E-state index in [4.69, 9.17) is 9.47 Å². The summed E-state index contributed by atoms with van der Waals surface area (Å²) >= 11 is 0. The van der Waals surface area contributed by atoms with Crippen molar-refractivity contribution in [2.24, 2.45) is 11.8 Å². The Morgan fingerprint density at radius 2 is 1.95 bits per heavy atom. The molecule has 3 aliphatic heterocycles. The number of aryl methyl sites for hydroxylation is 2. The first-order valence-corrected chi connectivity index (χ1v) is 15.1. The van der Waals surface area contributed by atoms with E-state index in [-0.39, 0.29) is 31.6 Å². The second-order valence-corrected chi connectivity index (χ2v) is 11.8. The number of anilines is 1. The molecule has 3 heterocycles. The number of hydrogen-bond acceptors (Lipinski definition) is 6. The maximum atomic E-state index is 14.7. The van der Waals surface area contributed by atoms with Gasteiger partial charge in [0.1, 0.15) is 17.6 Å². The number of ether oxygens (including phenoxy) is 2. The van der Waals surface area contributed by atoms with Gasteiger partial charge in [-0.1, -0.05) is 31.2 Å². The number of aliphatic hydroxyl groups is 1. The second-order valence-electron chi connectivity index (χ2n) is 11.8. The zero-order valence-corrected chi connectivity index (χ0v) is 24.9. The van der Waals surface area contributed by atoms with Crippen molar-refractivity contribution < 1.29 is 29.0 Å². The predicted molar refractivity (Wildman–Crippen MR) is 158 cm³/mol. The van der Waals surface area contributed by atoms with Gasteiger partial charge < -0.3 is 24.4 Å². The normalized spacial score (nSPS) is 28.0. The van der Waals surface area contributed by atoms with E-state index in [2.05, 4.69) is 13.2 Å². The lowest BCUT2D eigenvalue weighted by Crippen LogP contribution is -2.56. The van der Waals surface area contributed by atoms with Gasteiger partial charge in [0.2, 0.25) is 5.91 Å². The third kappa shape index (κ3) is 5.48. The molecule has 0 radical (unpaired) electrons. The quantitative estimate of drug-likeness (QED) is 0.189. The lowest BCUT2D eigenvalue weighted by molar-refractivity contribution is -0.161. The molecule has 2 bridgehead atoms. The van der Waals surface area contributed by atoms with Gasteiger partial charge in [-0.05, 0) is 82.4 Å². The van der Waals surface area contributed by atoms with Crippen molar-refractivity contribution in [1.82, 2.24) is 4.90 Å². The molecule has 1 spiro atoms. The summed E-state index contributed by atoms with van der Waals surface area (Å²) in [5, 5.41) is 9.30. The molecule has 0 aliphatic carbocycles. The number of fused-ring (bicyclic) bond motifs is 1. The summed E-state index contributed by atoms with van der Waals surface area (Å²) in [6, 6.07) is 5.11.